The van der Waals surface area contributed by atoms with Crippen LogP contribution in [0.15, 0.2) is 30.7 Å². The molecule has 3 rings (SSSR count). The molecule has 1 saturated heterocycles. The summed E-state index contributed by atoms with van der Waals surface area (Å²) in [5.74, 6) is -3.02. The van der Waals surface area contributed by atoms with E-state index in [2.05, 4.69) is 36.0 Å². The van der Waals surface area contributed by atoms with Gasteiger partial charge in [0.05, 0.1) is 38.6 Å². The molecule has 192 valence electrons. The van der Waals surface area contributed by atoms with E-state index in [1.807, 2.05) is 0 Å². The highest BCUT2D eigenvalue weighted by atomic mass is 19.1. The number of hydrogen-bond acceptors (Lipinski definition) is 9. The van der Waals surface area contributed by atoms with Crippen molar-refractivity contribution < 1.29 is 37.4 Å². The minimum absolute atomic E-state index is 0.00774. The Kier molecular flexibility index (Phi) is 8.85. The molecule has 1 atom stereocenters. The van der Waals surface area contributed by atoms with Gasteiger partial charge in [-0.25, -0.2) is 23.4 Å². The van der Waals surface area contributed by atoms with Crippen LogP contribution in [-0.2, 0) is 14.3 Å². The number of cyclic esters (lactones) is 1. The summed E-state index contributed by atoms with van der Waals surface area (Å²) in [5.41, 5.74) is -0.453. The van der Waals surface area contributed by atoms with Gasteiger partial charge in [-0.3, -0.25) is 19.5 Å². The number of anilines is 2. The van der Waals surface area contributed by atoms with Crippen LogP contribution in [0, 0.1) is 11.6 Å². The molecule has 4 amide bonds. The Bertz CT molecular complexity index is 1100. The summed E-state index contributed by atoms with van der Waals surface area (Å²) in [6, 6.07) is 1.92. The average molecular weight is 507 g/mol. The van der Waals surface area contributed by atoms with E-state index in [1.54, 1.807) is 0 Å². The second-order valence-corrected chi connectivity index (χ2v) is 7.32. The number of aromatic nitrogens is 2. The smallest absolute Gasteiger partial charge is 0.414 e. The highest BCUT2D eigenvalue weighted by molar-refractivity contribution is 5.94. The van der Waals surface area contributed by atoms with Crippen LogP contribution < -0.4 is 26.2 Å². The third-order valence-electron chi connectivity index (χ3n) is 4.83. The summed E-state index contributed by atoms with van der Waals surface area (Å²) in [6.07, 6.45) is 1.73. The maximum absolute atomic E-state index is 14.5. The van der Waals surface area contributed by atoms with Crippen molar-refractivity contribution in [3.05, 3.63) is 48.1 Å². The zero-order valence-electron chi connectivity index (χ0n) is 19.0. The first kappa shape index (κ1) is 26.1. The van der Waals surface area contributed by atoms with Crippen molar-refractivity contribution in [1.29, 1.82) is 0 Å². The number of nitrogens with one attached hydrogen (secondary N) is 4. The molecule has 13 nitrogen and oxygen atoms in total. The zero-order valence-corrected chi connectivity index (χ0v) is 19.0. The van der Waals surface area contributed by atoms with Gasteiger partial charge >= 0.3 is 12.2 Å². The van der Waals surface area contributed by atoms with Crippen molar-refractivity contribution in [3.63, 3.8) is 0 Å². The zero-order chi connectivity index (χ0) is 26.1. The maximum atomic E-state index is 14.5. The summed E-state index contributed by atoms with van der Waals surface area (Å²) in [5, 5.41) is 9.77. The first-order valence-electron chi connectivity index (χ1n) is 10.6. The van der Waals surface area contributed by atoms with E-state index in [4.69, 9.17) is 4.74 Å². The van der Waals surface area contributed by atoms with Crippen molar-refractivity contribution in [2.45, 2.75) is 6.10 Å². The van der Waals surface area contributed by atoms with Crippen LogP contribution in [-0.4, -0.2) is 79.9 Å². The summed E-state index contributed by atoms with van der Waals surface area (Å²) in [6.45, 7) is -0.407. The fourth-order valence-corrected chi connectivity index (χ4v) is 3.11. The second kappa shape index (κ2) is 12.2. The molecule has 0 saturated carbocycles. The van der Waals surface area contributed by atoms with Crippen LogP contribution in [0.5, 0.6) is 0 Å². The Hall–Kier alpha value is -4.56. The predicted molar refractivity (Wildman–Crippen MR) is 120 cm³/mol. The summed E-state index contributed by atoms with van der Waals surface area (Å²) >= 11 is 0. The van der Waals surface area contributed by atoms with E-state index in [0.29, 0.717) is 0 Å². The fourth-order valence-electron chi connectivity index (χ4n) is 3.11. The topological polar surface area (TPSA) is 164 Å². The molecular weight excluding hydrogens is 484 g/mol. The predicted octanol–water partition coefficient (Wildman–Crippen LogP) is 0.394. The Balaban J connectivity index is 1.45. The molecule has 15 heteroatoms. The average Bonchev–Trinajstić information content (AvgIpc) is 3.25. The van der Waals surface area contributed by atoms with E-state index in [-0.39, 0.29) is 44.1 Å². The third kappa shape index (κ3) is 6.97. The number of alkyl carbamates (subject to hydrolysis) is 1. The number of nitrogens with zero attached hydrogens (tertiary/aromatic N) is 3. The van der Waals surface area contributed by atoms with Gasteiger partial charge in [0.2, 0.25) is 5.91 Å². The molecule has 4 N–H and O–H groups in total. The Labute approximate surface area is 203 Å². The monoisotopic (exact) mass is 507 g/mol. The molecule has 0 bridgehead atoms. The van der Waals surface area contributed by atoms with Gasteiger partial charge in [-0.2, -0.15) is 0 Å². The van der Waals surface area contributed by atoms with Crippen molar-refractivity contribution in [3.8, 4) is 0 Å². The normalized spacial score (nSPS) is 14.6. The Morgan fingerprint density at radius 3 is 2.56 bits per heavy atom. The number of methoxy groups -OCH3 is 1. The molecule has 0 radical (unpaired) electrons. The van der Waals surface area contributed by atoms with Gasteiger partial charge in [-0.15, -0.1) is 0 Å². The molecular formula is C21H23F2N7O6. The molecule has 36 heavy (non-hydrogen) atoms. The minimum Gasteiger partial charge on any atom is -0.453 e. The third-order valence-corrected chi connectivity index (χ3v) is 4.83. The lowest BCUT2D eigenvalue weighted by Crippen LogP contribution is -2.39. The van der Waals surface area contributed by atoms with Gasteiger partial charge in [-0.1, -0.05) is 0 Å². The maximum Gasteiger partial charge on any atom is 0.414 e. The molecule has 1 unspecified atom stereocenters. The molecule has 1 aromatic carbocycles. The second-order valence-electron chi connectivity index (χ2n) is 7.32. The quantitative estimate of drug-likeness (QED) is 0.333. The van der Waals surface area contributed by atoms with Gasteiger partial charge < -0.3 is 30.7 Å². The lowest BCUT2D eigenvalue weighted by Gasteiger charge is -2.16. The Morgan fingerprint density at radius 2 is 1.89 bits per heavy atom. The fraction of sp³-hybridized carbons (Fsp3) is 0.333. The van der Waals surface area contributed by atoms with E-state index < -0.39 is 47.4 Å². The van der Waals surface area contributed by atoms with Crippen LogP contribution in [0.25, 0.3) is 0 Å². The van der Waals surface area contributed by atoms with Crippen LogP contribution in [0.4, 0.5) is 29.7 Å². The summed E-state index contributed by atoms with van der Waals surface area (Å²) in [7, 11) is 1.18. The standard InChI is InChI=1S/C21H23F2N7O6/c1-35-20(33)29-8-13-11-30(21(34)36-13)12-6-14(22)18(15(23)7-12)27-5-4-26-17(31)10-28-19(32)16-9-24-2-3-25-16/h2-3,6-7,9,13,27H,4-5,8,10-11H2,1H3,(H,26,31)(H,28,32)(H,29,33). The number of halogens is 2. The highest BCUT2D eigenvalue weighted by Crippen LogP contribution is 2.28. The number of ether oxygens (including phenoxy) is 2. The minimum atomic E-state index is -0.962. The van der Waals surface area contributed by atoms with Crippen molar-refractivity contribution in [2.24, 2.45) is 0 Å². The number of carbonyl (C=O) groups is 4. The van der Waals surface area contributed by atoms with Crippen LogP contribution in [0.1, 0.15) is 10.5 Å². The molecule has 2 aromatic rings. The molecule has 1 aliphatic heterocycles. The van der Waals surface area contributed by atoms with Crippen molar-refractivity contribution in [1.82, 2.24) is 25.9 Å². The van der Waals surface area contributed by atoms with Gasteiger partial charge in [0, 0.05) is 37.6 Å². The van der Waals surface area contributed by atoms with Crippen LogP contribution >= 0.6 is 0 Å². The summed E-state index contributed by atoms with van der Waals surface area (Å²) in [4.78, 5) is 55.5. The molecule has 0 spiro atoms. The van der Waals surface area contributed by atoms with Gasteiger partial charge in [-0.05, 0) is 0 Å². The number of hydrogen-bond donors (Lipinski definition) is 4. The molecule has 1 fully saturated rings. The number of benzene rings is 1. The number of rotatable bonds is 10. The highest BCUT2D eigenvalue weighted by Gasteiger charge is 2.33. The number of carbonyl (C=O) groups excluding carboxylic acids is 4. The number of amides is 4. The molecule has 2 heterocycles. The SMILES string of the molecule is COC(=O)NCC1CN(c2cc(F)c(NCCNC(=O)CNC(=O)c3cnccn3)c(F)c2)C(=O)O1. The summed E-state index contributed by atoms with van der Waals surface area (Å²) < 4.78 is 38.6. The molecule has 1 aromatic heterocycles. The lowest BCUT2D eigenvalue weighted by atomic mass is 10.2. The Morgan fingerprint density at radius 1 is 1.14 bits per heavy atom. The van der Waals surface area contributed by atoms with Crippen molar-refractivity contribution >= 4 is 35.4 Å². The van der Waals surface area contributed by atoms with Gasteiger partial charge in [0.15, 0.2) is 11.6 Å². The van der Waals surface area contributed by atoms with Gasteiger partial charge in [0.25, 0.3) is 5.91 Å². The van der Waals surface area contributed by atoms with E-state index in [1.165, 1.54) is 25.7 Å². The first-order valence-corrected chi connectivity index (χ1v) is 10.6. The van der Waals surface area contributed by atoms with E-state index >= 15 is 0 Å². The largest absolute Gasteiger partial charge is 0.453 e. The molecule has 0 aliphatic carbocycles. The van der Waals surface area contributed by atoms with Gasteiger partial charge in [0.1, 0.15) is 17.5 Å². The van der Waals surface area contributed by atoms with Crippen molar-refractivity contribution in [2.75, 3.05) is 50.1 Å². The van der Waals surface area contributed by atoms with Crippen LogP contribution in [0.3, 0.4) is 0 Å². The van der Waals surface area contributed by atoms with Crippen LogP contribution in [0.2, 0.25) is 0 Å². The molecule has 1 aliphatic rings. The van der Waals surface area contributed by atoms with E-state index in [9.17, 15) is 28.0 Å². The van der Waals surface area contributed by atoms with E-state index in [0.717, 1.165) is 17.0 Å². The first-order chi connectivity index (χ1) is 17.3. The lowest BCUT2D eigenvalue weighted by molar-refractivity contribution is -0.120.